The van der Waals surface area contributed by atoms with E-state index >= 15 is 0 Å². The summed E-state index contributed by atoms with van der Waals surface area (Å²) in [5.41, 5.74) is 3.22. The van der Waals surface area contributed by atoms with Crippen molar-refractivity contribution in [2.45, 2.75) is 0 Å². The van der Waals surface area contributed by atoms with E-state index in [9.17, 15) is 14.0 Å². The van der Waals surface area contributed by atoms with Crippen LogP contribution < -0.4 is 15.5 Å². The minimum absolute atomic E-state index is 0.209. The minimum atomic E-state index is -1.11. The van der Waals surface area contributed by atoms with Gasteiger partial charge in [-0.15, -0.1) is 0 Å². The molecule has 2 amide bonds. The summed E-state index contributed by atoms with van der Waals surface area (Å²) < 4.78 is 17.8. The zero-order valence-corrected chi connectivity index (χ0v) is 13.5. The molecule has 2 rings (SSSR count). The molecule has 0 fully saturated rings. The van der Waals surface area contributed by atoms with Gasteiger partial charge in [-0.25, -0.2) is 19.4 Å². The van der Waals surface area contributed by atoms with Crippen molar-refractivity contribution in [1.82, 2.24) is 5.43 Å². The molecule has 0 unspecified atom stereocenters. The molecule has 2 aromatic rings. The first-order valence-electron chi connectivity index (χ1n) is 6.94. The van der Waals surface area contributed by atoms with Gasteiger partial charge in [0, 0.05) is 5.69 Å². The van der Waals surface area contributed by atoms with Gasteiger partial charge in [0.15, 0.2) is 6.61 Å². The number of aliphatic carboxylic acids is 1. The van der Waals surface area contributed by atoms with Crippen LogP contribution in [0, 0.1) is 5.82 Å². The number of rotatable bonds is 6. The van der Waals surface area contributed by atoms with Gasteiger partial charge in [0.05, 0.1) is 11.2 Å². The standard InChI is InChI=1S/C16H13ClFN3O4/c17-13-7-10(1-6-14(13)25-9-15(22)23)8-19-21-16(24)20-12-4-2-11(18)3-5-12/h1-8H,9H2,(H,22,23)(H2,20,21,24)/b19-8+. The number of ether oxygens (including phenoxy) is 1. The number of nitrogens with one attached hydrogen (secondary N) is 2. The van der Waals surface area contributed by atoms with Crippen LogP contribution >= 0.6 is 11.6 Å². The molecule has 0 heterocycles. The average molecular weight is 366 g/mol. The summed E-state index contributed by atoms with van der Waals surface area (Å²) in [7, 11) is 0. The first-order chi connectivity index (χ1) is 11.9. The van der Waals surface area contributed by atoms with Gasteiger partial charge in [0.1, 0.15) is 11.6 Å². The SMILES string of the molecule is O=C(O)COc1ccc(/C=N/NC(=O)Nc2ccc(F)cc2)cc1Cl. The third kappa shape index (κ3) is 6.11. The highest BCUT2D eigenvalue weighted by atomic mass is 35.5. The Balaban J connectivity index is 1.88. The van der Waals surface area contributed by atoms with Crippen molar-refractivity contribution in [2.24, 2.45) is 5.10 Å². The number of hydrogen-bond donors (Lipinski definition) is 3. The summed E-state index contributed by atoms with van der Waals surface area (Å²) in [5.74, 6) is -1.29. The van der Waals surface area contributed by atoms with Gasteiger partial charge in [-0.3, -0.25) is 0 Å². The first kappa shape index (κ1) is 18.2. The van der Waals surface area contributed by atoms with Crippen LogP contribution in [0.3, 0.4) is 0 Å². The zero-order chi connectivity index (χ0) is 18.2. The van der Waals surface area contributed by atoms with Gasteiger partial charge in [-0.1, -0.05) is 11.6 Å². The summed E-state index contributed by atoms with van der Waals surface area (Å²) in [6.45, 7) is -0.502. The van der Waals surface area contributed by atoms with Crippen LogP contribution in [0.4, 0.5) is 14.9 Å². The summed E-state index contributed by atoms with van der Waals surface area (Å²) in [6.07, 6.45) is 1.34. The predicted octanol–water partition coefficient (Wildman–Crippen LogP) is 3.10. The zero-order valence-electron chi connectivity index (χ0n) is 12.7. The van der Waals surface area contributed by atoms with Crippen LogP contribution in [0.2, 0.25) is 5.02 Å². The molecule has 0 saturated carbocycles. The third-order valence-corrected chi connectivity index (χ3v) is 3.08. The lowest BCUT2D eigenvalue weighted by molar-refractivity contribution is -0.139. The summed E-state index contributed by atoms with van der Waals surface area (Å²) in [5, 5.41) is 15.0. The quantitative estimate of drug-likeness (QED) is 0.541. The smallest absolute Gasteiger partial charge is 0.341 e. The van der Waals surface area contributed by atoms with Gasteiger partial charge < -0.3 is 15.2 Å². The number of carboxylic acid groups (broad SMARTS) is 1. The number of carboxylic acids is 1. The molecule has 0 saturated heterocycles. The molecule has 0 radical (unpaired) electrons. The van der Waals surface area contributed by atoms with Crippen LogP contribution in [0.5, 0.6) is 5.75 Å². The Morgan fingerprint density at radius 1 is 1.24 bits per heavy atom. The summed E-state index contributed by atoms with van der Waals surface area (Å²) in [6, 6.07) is 9.24. The highest BCUT2D eigenvalue weighted by molar-refractivity contribution is 6.32. The monoisotopic (exact) mass is 365 g/mol. The highest BCUT2D eigenvalue weighted by Gasteiger charge is 2.05. The molecule has 0 spiro atoms. The second-order valence-corrected chi connectivity index (χ2v) is 5.11. The number of hydrogen-bond acceptors (Lipinski definition) is 4. The maximum Gasteiger partial charge on any atom is 0.341 e. The van der Waals surface area contributed by atoms with E-state index in [1.165, 1.54) is 42.6 Å². The van der Waals surface area contributed by atoms with Gasteiger partial charge in [-0.2, -0.15) is 5.10 Å². The van der Waals surface area contributed by atoms with E-state index in [0.29, 0.717) is 11.3 Å². The lowest BCUT2D eigenvalue weighted by atomic mass is 10.2. The van der Waals surface area contributed by atoms with Gasteiger partial charge >= 0.3 is 12.0 Å². The van der Waals surface area contributed by atoms with E-state index in [-0.39, 0.29) is 10.8 Å². The van der Waals surface area contributed by atoms with Gasteiger partial charge in [-0.05, 0) is 48.0 Å². The molecule has 25 heavy (non-hydrogen) atoms. The Bertz CT molecular complexity index is 796. The van der Waals surface area contributed by atoms with E-state index < -0.39 is 24.4 Å². The molecule has 7 nitrogen and oxygen atoms in total. The molecule has 0 aromatic heterocycles. The number of carbonyl (C=O) groups is 2. The molecular formula is C16H13ClFN3O4. The van der Waals surface area contributed by atoms with E-state index in [4.69, 9.17) is 21.4 Å². The Hall–Kier alpha value is -3.13. The summed E-state index contributed by atoms with van der Waals surface area (Å²) in [4.78, 5) is 22.1. The Morgan fingerprint density at radius 3 is 2.60 bits per heavy atom. The van der Waals surface area contributed by atoms with Crippen molar-refractivity contribution in [1.29, 1.82) is 0 Å². The van der Waals surface area contributed by atoms with E-state index in [1.807, 2.05) is 0 Å². The maximum absolute atomic E-state index is 12.8. The second kappa shape index (κ2) is 8.65. The van der Waals surface area contributed by atoms with Crippen molar-refractivity contribution in [3.8, 4) is 5.75 Å². The van der Waals surface area contributed by atoms with Crippen molar-refractivity contribution in [3.05, 3.63) is 58.9 Å². The van der Waals surface area contributed by atoms with Gasteiger partial charge in [0.25, 0.3) is 0 Å². The number of anilines is 1. The number of amides is 2. The largest absolute Gasteiger partial charge is 0.480 e. The van der Waals surface area contributed by atoms with Crippen LogP contribution in [0.1, 0.15) is 5.56 Å². The van der Waals surface area contributed by atoms with Crippen molar-refractivity contribution in [3.63, 3.8) is 0 Å². The van der Waals surface area contributed by atoms with E-state index in [0.717, 1.165) is 0 Å². The Kier molecular flexibility index (Phi) is 6.30. The number of carbonyl (C=O) groups excluding carboxylic acids is 1. The topological polar surface area (TPSA) is 100 Å². The molecule has 0 aliphatic heterocycles. The average Bonchev–Trinajstić information content (AvgIpc) is 2.56. The maximum atomic E-state index is 12.8. The van der Waals surface area contributed by atoms with Crippen molar-refractivity contribution < 1.29 is 23.8 Å². The fourth-order valence-corrected chi connectivity index (χ4v) is 1.96. The van der Waals surface area contributed by atoms with Crippen LogP contribution in [0.15, 0.2) is 47.6 Å². The fraction of sp³-hybridized carbons (Fsp3) is 0.0625. The summed E-state index contributed by atoms with van der Waals surface area (Å²) >= 11 is 5.96. The van der Waals surface area contributed by atoms with Crippen LogP contribution in [-0.4, -0.2) is 29.9 Å². The number of nitrogens with zero attached hydrogens (tertiary/aromatic N) is 1. The molecule has 0 bridgehead atoms. The molecule has 9 heteroatoms. The van der Waals surface area contributed by atoms with E-state index in [2.05, 4.69) is 15.8 Å². The highest BCUT2D eigenvalue weighted by Crippen LogP contribution is 2.24. The number of halogens is 2. The van der Waals surface area contributed by atoms with Gasteiger partial charge in [0.2, 0.25) is 0 Å². The Morgan fingerprint density at radius 2 is 1.96 bits per heavy atom. The molecular weight excluding hydrogens is 353 g/mol. The molecule has 0 aliphatic carbocycles. The molecule has 2 aromatic carbocycles. The number of hydrazone groups is 1. The van der Waals surface area contributed by atoms with Crippen molar-refractivity contribution >= 4 is 35.5 Å². The van der Waals surface area contributed by atoms with Crippen LogP contribution in [-0.2, 0) is 4.79 Å². The second-order valence-electron chi connectivity index (χ2n) is 4.70. The third-order valence-electron chi connectivity index (χ3n) is 2.79. The number of urea groups is 1. The predicted molar refractivity (Wildman–Crippen MR) is 90.7 cm³/mol. The normalized spacial score (nSPS) is 10.5. The first-order valence-corrected chi connectivity index (χ1v) is 7.31. The Labute approximate surface area is 147 Å². The number of benzene rings is 2. The van der Waals surface area contributed by atoms with Crippen LogP contribution in [0.25, 0.3) is 0 Å². The lowest BCUT2D eigenvalue weighted by Gasteiger charge is -2.06. The van der Waals surface area contributed by atoms with Crippen molar-refractivity contribution in [2.75, 3.05) is 11.9 Å². The fourth-order valence-electron chi connectivity index (χ4n) is 1.71. The molecule has 0 atom stereocenters. The van der Waals surface area contributed by atoms with E-state index in [1.54, 1.807) is 6.07 Å². The minimum Gasteiger partial charge on any atom is -0.480 e. The molecule has 3 N–H and O–H groups in total. The molecule has 130 valence electrons. The molecule has 0 aliphatic rings. The lowest BCUT2D eigenvalue weighted by Crippen LogP contribution is -2.24.